The molecule has 1 N–H and O–H groups in total. The van der Waals surface area contributed by atoms with Gasteiger partial charge in [0.2, 0.25) is 6.79 Å². The van der Waals surface area contributed by atoms with E-state index in [0.29, 0.717) is 12.1 Å². The first-order chi connectivity index (χ1) is 10.1. The Morgan fingerprint density at radius 3 is 2.90 bits per heavy atom. The third kappa shape index (κ3) is 2.60. The Labute approximate surface area is 121 Å². The van der Waals surface area contributed by atoms with Crippen LogP contribution in [0.15, 0.2) is 36.4 Å². The molecule has 0 bridgehead atoms. The van der Waals surface area contributed by atoms with Crippen molar-refractivity contribution in [3.05, 3.63) is 57.6 Å². The summed E-state index contributed by atoms with van der Waals surface area (Å²) >= 11 is 0. The smallest absolute Gasteiger partial charge is 0.272 e. The standard InChI is InChI=1S/C15H14N2O4/c1-10-7-12(5-6-13(10)17(18)19)16-8-11-3-2-4-14-15(11)21-9-20-14/h2-7,16H,8-9H2,1H3. The summed E-state index contributed by atoms with van der Waals surface area (Å²) in [4.78, 5) is 10.4. The van der Waals surface area contributed by atoms with Gasteiger partial charge in [-0.15, -0.1) is 0 Å². The molecule has 108 valence electrons. The highest BCUT2D eigenvalue weighted by molar-refractivity contribution is 5.55. The summed E-state index contributed by atoms with van der Waals surface area (Å²) in [5.41, 5.74) is 2.57. The Morgan fingerprint density at radius 1 is 1.29 bits per heavy atom. The maximum Gasteiger partial charge on any atom is 0.272 e. The van der Waals surface area contributed by atoms with Crippen LogP contribution in [0.2, 0.25) is 0 Å². The fourth-order valence-corrected chi connectivity index (χ4v) is 2.30. The van der Waals surface area contributed by atoms with Gasteiger partial charge in [0, 0.05) is 29.4 Å². The lowest BCUT2D eigenvalue weighted by atomic mass is 10.1. The second-order valence-electron chi connectivity index (χ2n) is 4.76. The van der Waals surface area contributed by atoms with E-state index in [4.69, 9.17) is 9.47 Å². The summed E-state index contributed by atoms with van der Waals surface area (Å²) in [5, 5.41) is 14.0. The van der Waals surface area contributed by atoms with Gasteiger partial charge in [0.1, 0.15) is 0 Å². The first-order valence-electron chi connectivity index (χ1n) is 6.51. The first-order valence-corrected chi connectivity index (χ1v) is 6.51. The van der Waals surface area contributed by atoms with Crippen molar-refractivity contribution in [3.8, 4) is 11.5 Å². The predicted molar refractivity (Wildman–Crippen MR) is 77.7 cm³/mol. The van der Waals surface area contributed by atoms with Gasteiger partial charge < -0.3 is 14.8 Å². The Balaban J connectivity index is 1.75. The summed E-state index contributed by atoms with van der Waals surface area (Å²) in [7, 11) is 0. The van der Waals surface area contributed by atoms with Crippen molar-refractivity contribution >= 4 is 11.4 Å². The number of nitro benzene ring substituents is 1. The van der Waals surface area contributed by atoms with Gasteiger partial charge in [-0.1, -0.05) is 12.1 Å². The highest BCUT2D eigenvalue weighted by Gasteiger charge is 2.17. The molecule has 0 unspecified atom stereocenters. The molecule has 1 aliphatic rings. The van der Waals surface area contributed by atoms with E-state index in [2.05, 4.69) is 5.32 Å². The predicted octanol–water partition coefficient (Wildman–Crippen LogP) is 3.24. The molecule has 21 heavy (non-hydrogen) atoms. The van der Waals surface area contributed by atoms with Gasteiger partial charge in [0.15, 0.2) is 11.5 Å². The van der Waals surface area contributed by atoms with E-state index in [1.54, 1.807) is 19.1 Å². The van der Waals surface area contributed by atoms with Gasteiger partial charge in [0.25, 0.3) is 5.69 Å². The van der Waals surface area contributed by atoms with Crippen LogP contribution in [0.1, 0.15) is 11.1 Å². The number of nitrogens with zero attached hydrogens (tertiary/aromatic N) is 1. The normalized spacial score (nSPS) is 12.2. The van der Waals surface area contributed by atoms with Crippen LogP contribution in [0.3, 0.4) is 0 Å². The van der Waals surface area contributed by atoms with E-state index in [1.165, 1.54) is 6.07 Å². The third-order valence-electron chi connectivity index (χ3n) is 3.35. The lowest BCUT2D eigenvalue weighted by Gasteiger charge is -2.09. The van der Waals surface area contributed by atoms with Gasteiger partial charge >= 0.3 is 0 Å². The number of rotatable bonds is 4. The molecule has 6 heteroatoms. The molecule has 0 fully saturated rings. The maximum absolute atomic E-state index is 10.8. The van der Waals surface area contributed by atoms with E-state index in [0.717, 1.165) is 22.7 Å². The number of hydrogen-bond donors (Lipinski definition) is 1. The van der Waals surface area contributed by atoms with Crippen molar-refractivity contribution in [2.75, 3.05) is 12.1 Å². The van der Waals surface area contributed by atoms with E-state index >= 15 is 0 Å². The molecule has 0 atom stereocenters. The van der Waals surface area contributed by atoms with Gasteiger partial charge in [-0.3, -0.25) is 10.1 Å². The van der Waals surface area contributed by atoms with Crippen LogP contribution in [-0.4, -0.2) is 11.7 Å². The molecule has 0 radical (unpaired) electrons. The van der Waals surface area contributed by atoms with E-state index in [-0.39, 0.29) is 17.4 Å². The summed E-state index contributed by atoms with van der Waals surface area (Å²) in [6.45, 7) is 2.52. The second kappa shape index (κ2) is 5.32. The van der Waals surface area contributed by atoms with Crippen molar-refractivity contribution in [3.63, 3.8) is 0 Å². The molecule has 0 spiro atoms. The van der Waals surface area contributed by atoms with Crippen LogP contribution >= 0.6 is 0 Å². The van der Waals surface area contributed by atoms with Gasteiger partial charge in [-0.2, -0.15) is 0 Å². The van der Waals surface area contributed by atoms with Crippen LogP contribution in [-0.2, 0) is 6.54 Å². The van der Waals surface area contributed by atoms with Gasteiger partial charge in [-0.25, -0.2) is 0 Å². The first kappa shape index (κ1) is 13.2. The molecule has 0 amide bonds. The quantitative estimate of drug-likeness (QED) is 0.690. The van der Waals surface area contributed by atoms with E-state index in [9.17, 15) is 10.1 Å². The van der Waals surface area contributed by atoms with Crippen molar-refractivity contribution in [2.45, 2.75) is 13.5 Å². The zero-order valence-corrected chi connectivity index (χ0v) is 11.5. The number of benzene rings is 2. The van der Waals surface area contributed by atoms with Crippen molar-refractivity contribution in [2.24, 2.45) is 0 Å². The van der Waals surface area contributed by atoms with Crippen molar-refractivity contribution < 1.29 is 14.4 Å². The summed E-state index contributed by atoms with van der Waals surface area (Å²) < 4.78 is 10.8. The zero-order chi connectivity index (χ0) is 14.8. The molecule has 0 saturated heterocycles. The molecule has 0 aromatic heterocycles. The van der Waals surface area contributed by atoms with Crippen molar-refractivity contribution in [1.82, 2.24) is 0 Å². The zero-order valence-electron chi connectivity index (χ0n) is 11.5. The number of anilines is 1. The largest absolute Gasteiger partial charge is 0.454 e. The third-order valence-corrected chi connectivity index (χ3v) is 3.35. The minimum Gasteiger partial charge on any atom is -0.454 e. The Hall–Kier alpha value is -2.76. The number of fused-ring (bicyclic) bond motifs is 1. The number of para-hydroxylation sites is 1. The lowest BCUT2D eigenvalue weighted by Crippen LogP contribution is -2.02. The monoisotopic (exact) mass is 286 g/mol. The van der Waals surface area contributed by atoms with E-state index < -0.39 is 0 Å². The summed E-state index contributed by atoms with van der Waals surface area (Å²) in [6, 6.07) is 10.7. The molecule has 0 aliphatic carbocycles. The highest BCUT2D eigenvalue weighted by Crippen LogP contribution is 2.35. The molecule has 6 nitrogen and oxygen atoms in total. The van der Waals surface area contributed by atoms with Crippen molar-refractivity contribution in [1.29, 1.82) is 0 Å². The van der Waals surface area contributed by atoms with Gasteiger partial charge in [-0.05, 0) is 25.1 Å². The van der Waals surface area contributed by atoms with Crippen LogP contribution < -0.4 is 14.8 Å². The number of aryl methyl sites for hydroxylation is 1. The number of ether oxygens (including phenoxy) is 2. The summed E-state index contributed by atoms with van der Waals surface area (Å²) in [6.07, 6.45) is 0. The average Bonchev–Trinajstić information content (AvgIpc) is 2.93. The summed E-state index contributed by atoms with van der Waals surface area (Å²) in [5.74, 6) is 1.50. The van der Waals surface area contributed by atoms with Crippen LogP contribution in [0, 0.1) is 17.0 Å². The molecule has 2 aromatic rings. The average molecular weight is 286 g/mol. The topological polar surface area (TPSA) is 73.6 Å². The molecular formula is C15H14N2O4. The lowest BCUT2D eigenvalue weighted by molar-refractivity contribution is -0.385. The minimum absolute atomic E-state index is 0.123. The van der Waals surface area contributed by atoms with Crippen LogP contribution in [0.25, 0.3) is 0 Å². The minimum atomic E-state index is -0.381. The number of nitrogens with one attached hydrogen (secondary N) is 1. The SMILES string of the molecule is Cc1cc(NCc2cccc3c2OCO3)ccc1[N+](=O)[O-]. The highest BCUT2D eigenvalue weighted by atomic mass is 16.7. The maximum atomic E-state index is 10.8. The van der Waals surface area contributed by atoms with Gasteiger partial charge in [0.05, 0.1) is 4.92 Å². The fraction of sp³-hybridized carbons (Fsp3) is 0.200. The molecule has 1 aliphatic heterocycles. The Kier molecular flexibility index (Phi) is 3.35. The number of hydrogen-bond acceptors (Lipinski definition) is 5. The second-order valence-corrected chi connectivity index (χ2v) is 4.76. The molecule has 0 saturated carbocycles. The van der Waals surface area contributed by atoms with E-state index in [1.807, 2.05) is 18.2 Å². The molecule has 2 aromatic carbocycles. The molecule has 1 heterocycles. The number of nitro groups is 1. The van der Waals surface area contributed by atoms with Crippen LogP contribution in [0.5, 0.6) is 11.5 Å². The fourth-order valence-electron chi connectivity index (χ4n) is 2.30. The van der Waals surface area contributed by atoms with Crippen LogP contribution in [0.4, 0.5) is 11.4 Å². The molecule has 3 rings (SSSR count). The Morgan fingerprint density at radius 2 is 2.14 bits per heavy atom. The Bertz CT molecular complexity index is 700. The molecular weight excluding hydrogens is 272 g/mol.